The summed E-state index contributed by atoms with van der Waals surface area (Å²) in [6, 6.07) is 3.50. The second-order valence-corrected chi connectivity index (χ2v) is 7.02. The summed E-state index contributed by atoms with van der Waals surface area (Å²) in [5.74, 6) is -0.398. The number of rotatable bonds is 6. The second kappa shape index (κ2) is 9.36. The molecule has 0 spiro atoms. The Morgan fingerprint density at radius 2 is 1.85 bits per heavy atom. The van der Waals surface area contributed by atoms with Crippen molar-refractivity contribution in [1.82, 2.24) is 5.32 Å². The Morgan fingerprint density at radius 3 is 2.38 bits per heavy atom. The van der Waals surface area contributed by atoms with Gasteiger partial charge in [0.1, 0.15) is 5.60 Å². The zero-order valence-electron chi connectivity index (χ0n) is 16.9. The second-order valence-electron chi connectivity index (χ2n) is 7.02. The monoisotopic (exact) mass is 362 g/mol. The van der Waals surface area contributed by atoms with Crippen molar-refractivity contribution in [2.45, 2.75) is 67.0 Å². The minimum Gasteiger partial charge on any atom is -0.462 e. The molecule has 0 radical (unpaired) electrons. The fourth-order valence-electron chi connectivity index (χ4n) is 2.20. The van der Waals surface area contributed by atoms with Crippen LogP contribution >= 0.6 is 0 Å². The molecule has 6 nitrogen and oxygen atoms in total. The molecule has 0 unspecified atom stereocenters. The summed E-state index contributed by atoms with van der Waals surface area (Å²) in [5.41, 5.74) is 3.08. The van der Waals surface area contributed by atoms with Gasteiger partial charge in [-0.25, -0.2) is 9.59 Å². The Morgan fingerprint density at radius 1 is 1.19 bits per heavy atom. The molecule has 0 saturated carbocycles. The highest BCUT2D eigenvalue weighted by Gasteiger charge is 2.19. The molecule has 1 aromatic rings. The smallest absolute Gasteiger partial charge is 0.407 e. The van der Waals surface area contributed by atoms with Gasteiger partial charge in [0.15, 0.2) is 0 Å². The molecule has 0 aliphatic heterocycles. The summed E-state index contributed by atoms with van der Waals surface area (Å²) in [6.45, 7) is 13.6. The van der Waals surface area contributed by atoms with Gasteiger partial charge in [-0.15, -0.1) is 0 Å². The summed E-state index contributed by atoms with van der Waals surface area (Å²) in [4.78, 5) is 28.7. The van der Waals surface area contributed by atoms with E-state index in [0.717, 1.165) is 23.3 Å². The number of nitrogens with one attached hydrogen (secondary N) is 1. The first kappa shape index (κ1) is 21.7. The van der Waals surface area contributed by atoms with Crippen LogP contribution in [-0.2, 0) is 16.0 Å². The summed E-state index contributed by atoms with van der Waals surface area (Å²) in [7, 11) is 0. The highest BCUT2D eigenvalue weighted by Crippen LogP contribution is 2.29. The molecule has 0 aliphatic carbocycles. The lowest BCUT2D eigenvalue weighted by Crippen LogP contribution is -2.32. The molecule has 144 valence electrons. The number of ether oxygens (including phenoxy) is 2. The summed E-state index contributed by atoms with van der Waals surface area (Å²) >= 11 is 0. The Kier molecular flexibility index (Phi) is 7.80. The van der Waals surface area contributed by atoms with Crippen molar-refractivity contribution in [2.24, 2.45) is 4.99 Å². The van der Waals surface area contributed by atoms with Gasteiger partial charge in [-0.1, -0.05) is 13.0 Å². The van der Waals surface area contributed by atoms with E-state index in [1.807, 2.05) is 41.5 Å². The van der Waals surface area contributed by atoms with Crippen LogP contribution in [0.2, 0.25) is 0 Å². The number of carbonyl (C=O) groups excluding carboxylic acids is 2. The SMILES string of the molecule is CCOC(=O)c1ccc(CNC(=O)OC(C)(C)C)c(C)c1N=C(C)CC. The first-order valence-corrected chi connectivity index (χ1v) is 8.89. The number of alkyl carbamates (subject to hydrolysis) is 1. The Labute approximate surface area is 156 Å². The normalized spacial score (nSPS) is 11.9. The van der Waals surface area contributed by atoms with E-state index < -0.39 is 17.7 Å². The van der Waals surface area contributed by atoms with Crippen LogP contribution < -0.4 is 5.32 Å². The fourth-order valence-corrected chi connectivity index (χ4v) is 2.20. The van der Waals surface area contributed by atoms with Gasteiger partial charge < -0.3 is 14.8 Å². The lowest BCUT2D eigenvalue weighted by Gasteiger charge is -2.20. The number of hydrogen-bond acceptors (Lipinski definition) is 5. The van der Waals surface area contributed by atoms with Crippen molar-refractivity contribution in [3.8, 4) is 0 Å². The maximum absolute atomic E-state index is 12.2. The fraction of sp³-hybridized carbons (Fsp3) is 0.550. The summed E-state index contributed by atoms with van der Waals surface area (Å²) in [5, 5.41) is 2.74. The average Bonchev–Trinajstić information content (AvgIpc) is 2.53. The largest absolute Gasteiger partial charge is 0.462 e. The third-order valence-corrected chi connectivity index (χ3v) is 3.67. The van der Waals surface area contributed by atoms with E-state index in [1.165, 1.54) is 0 Å². The highest BCUT2D eigenvalue weighted by molar-refractivity contribution is 5.98. The molecule has 26 heavy (non-hydrogen) atoms. The van der Waals surface area contributed by atoms with Crippen molar-refractivity contribution >= 4 is 23.5 Å². The molecular formula is C20H30N2O4. The molecule has 0 bridgehead atoms. The standard InChI is InChI=1S/C20H30N2O4/c1-8-13(3)22-17-14(4)15(10-11-16(17)18(23)25-9-2)12-21-19(24)26-20(5,6)7/h10-11H,8-9,12H2,1-7H3,(H,21,24). The first-order chi connectivity index (χ1) is 12.1. The number of carbonyl (C=O) groups is 2. The predicted molar refractivity (Wildman–Crippen MR) is 103 cm³/mol. The van der Waals surface area contributed by atoms with Crippen molar-refractivity contribution < 1.29 is 19.1 Å². The lowest BCUT2D eigenvalue weighted by atomic mass is 10.0. The first-order valence-electron chi connectivity index (χ1n) is 8.89. The van der Waals surface area contributed by atoms with E-state index in [0.29, 0.717) is 17.9 Å². The van der Waals surface area contributed by atoms with Gasteiger partial charge in [0, 0.05) is 12.3 Å². The van der Waals surface area contributed by atoms with E-state index >= 15 is 0 Å². The van der Waals surface area contributed by atoms with Gasteiger partial charge in [-0.3, -0.25) is 4.99 Å². The third kappa shape index (κ3) is 6.50. The van der Waals surface area contributed by atoms with Crippen molar-refractivity contribution in [3.63, 3.8) is 0 Å². The molecule has 1 aromatic carbocycles. The van der Waals surface area contributed by atoms with Crippen LogP contribution in [0.5, 0.6) is 0 Å². The molecule has 1 N–H and O–H groups in total. The van der Waals surface area contributed by atoms with Crippen LogP contribution in [0.25, 0.3) is 0 Å². The number of benzene rings is 1. The van der Waals surface area contributed by atoms with Crippen LogP contribution in [0.3, 0.4) is 0 Å². The maximum Gasteiger partial charge on any atom is 0.407 e. The van der Waals surface area contributed by atoms with Gasteiger partial charge in [0.25, 0.3) is 0 Å². The number of hydrogen-bond donors (Lipinski definition) is 1. The molecule has 0 saturated heterocycles. The molecule has 0 fully saturated rings. The molecule has 0 heterocycles. The molecule has 0 aliphatic rings. The Balaban J connectivity index is 3.14. The van der Waals surface area contributed by atoms with Gasteiger partial charge in [-0.2, -0.15) is 0 Å². The minimum atomic E-state index is -0.555. The number of amides is 1. The predicted octanol–water partition coefficient (Wildman–Crippen LogP) is 4.70. The van der Waals surface area contributed by atoms with Gasteiger partial charge >= 0.3 is 12.1 Å². The highest BCUT2D eigenvalue weighted by atomic mass is 16.6. The maximum atomic E-state index is 12.2. The zero-order valence-corrected chi connectivity index (χ0v) is 16.9. The van der Waals surface area contributed by atoms with Gasteiger partial charge in [0.05, 0.1) is 17.9 Å². The molecule has 6 heteroatoms. The lowest BCUT2D eigenvalue weighted by molar-refractivity contribution is 0.0513. The molecule has 0 atom stereocenters. The third-order valence-electron chi connectivity index (χ3n) is 3.67. The Bertz CT molecular complexity index is 688. The van der Waals surface area contributed by atoms with E-state index in [2.05, 4.69) is 10.3 Å². The van der Waals surface area contributed by atoms with Crippen LogP contribution in [0, 0.1) is 6.92 Å². The average molecular weight is 362 g/mol. The van der Waals surface area contributed by atoms with E-state index in [4.69, 9.17) is 9.47 Å². The summed E-state index contributed by atoms with van der Waals surface area (Å²) < 4.78 is 10.4. The number of nitrogens with zero attached hydrogens (tertiary/aromatic N) is 1. The minimum absolute atomic E-state index is 0.289. The quantitative estimate of drug-likeness (QED) is 0.588. The van der Waals surface area contributed by atoms with E-state index in [-0.39, 0.29) is 6.54 Å². The van der Waals surface area contributed by atoms with Gasteiger partial charge in [0.2, 0.25) is 0 Å². The molecule has 1 rings (SSSR count). The molecule has 0 aromatic heterocycles. The van der Waals surface area contributed by atoms with E-state index in [9.17, 15) is 9.59 Å². The van der Waals surface area contributed by atoms with Crippen LogP contribution in [0.1, 0.15) is 69.4 Å². The molecular weight excluding hydrogens is 332 g/mol. The van der Waals surface area contributed by atoms with Crippen LogP contribution in [0.15, 0.2) is 17.1 Å². The van der Waals surface area contributed by atoms with Crippen LogP contribution in [0.4, 0.5) is 10.5 Å². The molecule has 1 amide bonds. The van der Waals surface area contributed by atoms with E-state index in [1.54, 1.807) is 19.1 Å². The Hall–Kier alpha value is -2.37. The van der Waals surface area contributed by atoms with Crippen molar-refractivity contribution in [3.05, 3.63) is 28.8 Å². The van der Waals surface area contributed by atoms with Crippen molar-refractivity contribution in [2.75, 3.05) is 6.61 Å². The number of esters is 1. The number of aliphatic imine (C=N–C) groups is 1. The zero-order chi connectivity index (χ0) is 19.9. The van der Waals surface area contributed by atoms with Crippen molar-refractivity contribution in [1.29, 1.82) is 0 Å². The van der Waals surface area contributed by atoms with Crippen LogP contribution in [-0.4, -0.2) is 30.0 Å². The van der Waals surface area contributed by atoms with Gasteiger partial charge in [-0.05, 0) is 65.2 Å². The summed E-state index contributed by atoms with van der Waals surface area (Å²) in [6.07, 6.45) is 0.295. The topological polar surface area (TPSA) is 77.0 Å².